The summed E-state index contributed by atoms with van der Waals surface area (Å²) < 4.78 is 0. The smallest absolute Gasteiger partial charge is 0 e. The van der Waals surface area contributed by atoms with Crippen molar-refractivity contribution < 1.29 is 19.5 Å². The minimum atomic E-state index is 0. The molecule has 0 aromatic rings. The van der Waals surface area contributed by atoms with E-state index in [1.165, 1.54) is 0 Å². The van der Waals surface area contributed by atoms with Gasteiger partial charge in [-0.1, -0.05) is 0 Å². The van der Waals surface area contributed by atoms with Crippen molar-refractivity contribution in [3.05, 3.63) is 13.8 Å². The molecule has 0 fully saturated rings. The third kappa shape index (κ3) is 176. The average Bonchev–Trinajstić information content (AvgIpc) is 0.811. The van der Waals surface area contributed by atoms with Crippen LogP contribution in [0.5, 0.6) is 0 Å². The number of hydrogen-bond acceptors (Lipinski definition) is 0. The molecule has 0 aliphatic carbocycles. The molecule has 0 aliphatic heterocycles. The summed E-state index contributed by atoms with van der Waals surface area (Å²) in [7, 11) is 0. The summed E-state index contributed by atoms with van der Waals surface area (Å²) in [6, 6.07) is 0. The molecule has 0 N–H and O–H groups in total. The number of hydrogen-bond donors (Lipinski definition) is 0. The fourth-order valence-corrected chi connectivity index (χ4v) is 0. The van der Waals surface area contributed by atoms with E-state index in [0.29, 0.717) is 5.92 Å². The Hall–Kier alpha value is -0.377. The monoisotopic (exact) mass is 426 g/mol. The summed E-state index contributed by atoms with van der Waals surface area (Å²) in [4.78, 5) is 0. The minimum absolute atomic E-state index is 0. The van der Waals surface area contributed by atoms with Gasteiger partial charge in [-0.05, 0) is 0 Å². The first-order chi connectivity index (χ1) is 1.73. The average molecular weight is 426 g/mol. The molecule has 2 heteroatoms. The molecule has 0 saturated carbocycles. The first kappa shape index (κ1) is 17.5. The van der Waals surface area contributed by atoms with Crippen LogP contribution in [0.3, 0.4) is 0 Å². The molecule has 0 spiro atoms. The van der Waals surface area contributed by atoms with Gasteiger partial charge in [0, 0.05) is 19.5 Å². The van der Waals surface area contributed by atoms with Gasteiger partial charge in [-0.3, -0.25) is 0 Å². The van der Waals surface area contributed by atoms with Crippen molar-refractivity contribution in [3.63, 3.8) is 0 Å². The van der Waals surface area contributed by atoms with Crippen LogP contribution in [0.1, 0.15) is 6.92 Å². The Morgan fingerprint density at radius 3 is 1.33 bits per heavy atom. The largest absolute Gasteiger partial charge is 0.370 e. The van der Waals surface area contributed by atoms with E-state index in [2.05, 4.69) is 13.8 Å². The normalized spacial score (nSPS) is 6.00. The molecule has 0 atom stereocenters. The van der Waals surface area contributed by atoms with E-state index in [0.717, 1.165) is 0 Å². The summed E-state index contributed by atoms with van der Waals surface area (Å²) in [5.74, 6) is 0.333. The SMILES string of the molecule is [CH2-]C([CH2-])C.[Rf].[Rh]. The summed E-state index contributed by atoms with van der Waals surface area (Å²) in [5.41, 5.74) is 0. The van der Waals surface area contributed by atoms with Gasteiger partial charge in [0.05, 0.1) is 0 Å². The molecule has 0 nitrogen and oxygen atoms in total. The third-order valence-corrected chi connectivity index (χ3v) is 0. The van der Waals surface area contributed by atoms with Crippen LogP contribution in [0.25, 0.3) is 0 Å². The molecule has 0 bridgehead atoms. The maximum Gasteiger partial charge on any atom is 0 e. The molecule has 37 valence electrons. The van der Waals surface area contributed by atoms with E-state index in [1.54, 1.807) is 0 Å². The summed E-state index contributed by atoms with van der Waals surface area (Å²) >= 11 is 0. The first-order valence-corrected chi connectivity index (χ1v) is 1.39. The molecule has 0 aromatic carbocycles. The van der Waals surface area contributed by atoms with Gasteiger partial charge in [0.2, 0.25) is 0 Å². The zero-order valence-corrected chi connectivity index (χ0v) is 12.1. The Morgan fingerprint density at radius 1 is 1.33 bits per heavy atom. The Bertz CT molecular complexity index is 12.3. The van der Waals surface area contributed by atoms with Gasteiger partial charge in [0.1, 0.15) is 0 Å². The van der Waals surface area contributed by atoms with Crippen LogP contribution in [-0.4, -0.2) is 0 Å². The van der Waals surface area contributed by atoms with Crippen molar-refractivity contribution in [2.24, 2.45) is 5.92 Å². The van der Waals surface area contributed by atoms with Crippen molar-refractivity contribution in [2.45, 2.75) is 6.92 Å². The van der Waals surface area contributed by atoms with E-state index in [4.69, 9.17) is 0 Å². The summed E-state index contributed by atoms with van der Waals surface area (Å²) in [6.45, 7) is 9.00. The molecular formula is C4H8RfRh-2. The van der Waals surface area contributed by atoms with Gasteiger partial charge < -0.3 is 19.8 Å². The van der Waals surface area contributed by atoms with E-state index in [-0.39, 0.29) is 19.5 Å². The second-order valence-corrected chi connectivity index (χ2v) is 1.11. The van der Waals surface area contributed by atoms with Gasteiger partial charge in [-0.2, -0.15) is 0 Å². The molecule has 6 heavy (non-hydrogen) atoms. The Morgan fingerprint density at radius 2 is 1.33 bits per heavy atom. The van der Waals surface area contributed by atoms with Crippen LogP contribution in [0.2, 0.25) is 0 Å². The molecule has 0 heterocycles. The van der Waals surface area contributed by atoms with Crippen LogP contribution >= 0.6 is 0 Å². The summed E-state index contributed by atoms with van der Waals surface area (Å²) in [5, 5.41) is 0. The standard InChI is InChI=1S/C4H8.Rf.Rh/c1-4(2)3;;/h4H,1-2H2,3H3;;/q-2;;. The van der Waals surface area contributed by atoms with Crippen molar-refractivity contribution in [1.29, 1.82) is 0 Å². The fourth-order valence-electron chi connectivity index (χ4n) is 0. The van der Waals surface area contributed by atoms with E-state index in [1.807, 2.05) is 6.92 Å². The van der Waals surface area contributed by atoms with Crippen molar-refractivity contribution in [2.75, 3.05) is 0 Å². The van der Waals surface area contributed by atoms with Crippen molar-refractivity contribution in [1.82, 2.24) is 0 Å². The molecule has 0 saturated heterocycles. The quantitative estimate of drug-likeness (QED) is 0.405. The van der Waals surface area contributed by atoms with Gasteiger partial charge in [0.15, 0.2) is 0 Å². The van der Waals surface area contributed by atoms with E-state index < -0.39 is 0 Å². The van der Waals surface area contributed by atoms with Crippen LogP contribution < -0.4 is 0 Å². The van der Waals surface area contributed by atoms with E-state index >= 15 is 0 Å². The predicted octanol–water partition coefficient (Wildman–Crippen LogP) is 1.29. The molecule has 0 aromatic heterocycles. The minimum Gasteiger partial charge on any atom is -0.370 e. The van der Waals surface area contributed by atoms with Gasteiger partial charge >= 0.3 is 0 Å². The van der Waals surface area contributed by atoms with Crippen LogP contribution in [0, 0.1) is 19.8 Å². The zero-order chi connectivity index (χ0) is 3.58. The van der Waals surface area contributed by atoms with Gasteiger partial charge in [-0.25, -0.2) is 0 Å². The maximum absolute atomic E-state index is 3.53. The second-order valence-electron chi connectivity index (χ2n) is 1.11. The molecule has 0 rings (SSSR count). The van der Waals surface area contributed by atoms with E-state index in [9.17, 15) is 0 Å². The number of rotatable bonds is 0. The third-order valence-electron chi connectivity index (χ3n) is 0. The predicted molar refractivity (Wildman–Crippen MR) is 19.9 cm³/mol. The molecule has 0 aliphatic rings. The van der Waals surface area contributed by atoms with Gasteiger partial charge in [0.25, 0.3) is 0 Å². The Balaban J connectivity index is -0.0000000450. The first-order valence-electron chi connectivity index (χ1n) is 1.39. The molecule has 0 unspecified atom stereocenters. The van der Waals surface area contributed by atoms with Gasteiger partial charge in [-0.15, -0.1) is 6.92 Å². The molecule has 0 amide bonds. The Kier molecular flexibility index (Phi) is 25.7. The molecular weight excluding hydrogens is 418 g/mol. The Labute approximate surface area is 46.7 Å². The second kappa shape index (κ2) is 8.82. The molecule has 1 radical (unpaired) electrons. The zero-order valence-electron chi connectivity index (χ0n) is 4.03. The van der Waals surface area contributed by atoms with Crippen molar-refractivity contribution >= 4 is 0 Å². The van der Waals surface area contributed by atoms with Crippen molar-refractivity contribution in [3.8, 4) is 0 Å². The van der Waals surface area contributed by atoms with Crippen LogP contribution in [0.4, 0.5) is 0 Å². The topological polar surface area (TPSA) is 0 Å². The van der Waals surface area contributed by atoms with Crippen LogP contribution in [-0.2, 0) is 19.5 Å². The summed E-state index contributed by atoms with van der Waals surface area (Å²) in [6.07, 6.45) is 0. The maximum atomic E-state index is 3.53. The fraction of sp³-hybridized carbons (Fsp3) is 0.500. The van der Waals surface area contributed by atoms with Crippen LogP contribution in [0.15, 0.2) is 0 Å².